The van der Waals surface area contributed by atoms with Crippen LogP contribution in [0.25, 0.3) is 22.1 Å². The highest BCUT2D eigenvalue weighted by molar-refractivity contribution is 5.84. The van der Waals surface area contributed by atoms with Crippen molar-refractivity contribution in [3.8, 4) is 28.4 Å². The summed E-state index contributed by atoms with van der Waals surface area (Å²) in [6.45, 7) is 3.15. The summed E-state index contributed by atoms with van der Waals surface area (Å²) in [7, 11) is 3.10. The lowest BCUT2D eigenvalue weighted by atomic mass is 10.0. The fourth-order valence-electron chi connectivity index (χ4n) is 2.89. The third kappa shape index (κ3) is 3.65. The van der Waals surface area contributed by atoms with Gasteiger partial charge in [0.2, 0.25) is 5.43 Å². The average Bonchev–Trinajstić information content (AvgIpc) is 2.65. The first-order chi connectivity index (χ1) is 12.9. The van der Waals surface area contributed by atoms with Gasteiger partial charge in [0.05, 0.1) is 25.2 Å². The van der Waals surface area contributed by atoms with Gasteiger partial charge in [-0.1, -0.05) is 6.07 Å². The maximum atomic E-state index is 13.1. The minimum absolute atomic E-state index is 0.0293. The second kappa shape index (κ2) is 7.53. The Morgan fingerprint density at radius 3 is 2.44 bits per heavy atom. The molecule has 0 bridgehead atoms. The fraction of sp³-hybridized carbons (Fsp3) is 0.238. The molecule has 1 aromatic heterocycles. The lowest BCUT2D eigenvalue weighted by molar-refractivity contribution is -0.118. The normalized spacial score (nSPS) is 10.7. The van der Waals surface area contributed by atoms with Gasteiger partial charge in [-0.15, -0.1) is 0 Å². The summed E-state index contributed by atoms with van der Waals surface area (Å²) >= 11 is 0. The Kier molecular flexibility index (Phi) is 5.16. The summed E-state index contributed by atoms with van der Waals surface area (Å²) in [5.41, 5.74) is 1.39. The third-order valence-electron chi connectivity index (χ3n) is 4.15. The highest BCUT2D eigenvalue weighted by Gasteiger charge is 2.16. The molecule has 0 unspecified atom stereocenters. The summed E-state index contributed by atoms with van der Waals surface area (Å²) in [6, 6.07) is 10.2. The maximum absolute atomic E-state index is 13.1. The molecule has 0 saturated heterocycles. The monoisotopic (exact) mass is 368 g/mol. The van der Waals surface area contributed by atoms with Crippen LogP contribution in [0, 0.1) is 6.92 Å². The van der Waals surface area contributed by atoms with Gasteiger partial charge in [-0.05, 0) is 43.7 Å². The Labute approximate surface area is 156 Å². The Hall–Kier alpha value is -3.28. The van der Waals surface area contributed by atoms with Crippen molar-refractivity contribution in [2.45, 2.75) is 13.8 Å². The Morgan fingerprint density at radius 2 is 1.78 bits per heavy atom. The maximum Gasteiger partial charge on any atom is 0.200 e. The van der Waals surface area contributed by atoms with Crippen LogP contribution in [0.3, 0.4) is 0 Å². The highest BCUT2D eigenvalue weighted by Crippen LogP contribution is 2.33. The van der Waals surface area contributed by atoms with Crippen molar-refractivity contribution in [1.82, 2.24) is 0 Å². The van der Waals surface area contributed by atoms with Crippen molar-refractivity contribution >= 4 is 16.8 Å². The Morgan fingerprint density at radius 1 is 1.04 bits per heavy atom. The summed E-state index contributed by atoms with van der Waals surface area (Å²) in [5, 5.41) is 0.431. The molecule has 0 N–H and O–H groups in total. The molecule has 6 heteroatoms. The molecule has 1 heterocycles. The van der Waals surface area contributed by atoms with Crippen molar-refractivity contribution in [1.29, 1.82) is 0 Å². The third-order valence-corrected chi connectivity index (χ3v) is 4.15. The van der Waals surface area contributed by atoms with Crippen molar-refractivity contribution < 1.29 is 23.4 Å². The van der Waals surface area contributed by atoms with Crippen molar-refractivity contribution in [3.63, 3.8) is 0 Å². The van der Waals surface area contributed by atoms with Crippen LogP contribution < -0.4 is 19.6 Å². The fourth-order valence-corrected chi connectivity index (χ4v) is 2.89. The zero-order valence-corrected chi connectivity index (χ0v) is 15.6. The van der Waals surface area contributed by atoms with E-state index in [4.69, 9.17) is 18.6 Å². The number of ketones is 1. The second-order valence-electron chi connectivity index (χ2n) is 6.08. The van der Waals surface area contributed by atoms with E-state index in [0.29, 0.717) is 45.1 Å². The molecule has 0 aliphatic carbocycles. The largest absolute Gasteiger partial charge is 0.493 e. The van der Waals surface area contributed by atoms with Crippen LogP contribution in [0.5, 0.6) is 17.2 Å². The predicted octanol–water partition coefficient (Wildman–Crippen LogP) is 3.75. The first-order valence-corrected chi connectivity index (χ1v) is 8.36. The van der Waals surface area contributed by atoms with Gasteiger partial charge < -0.3 is 18.6 Å². The smallest absolute Gasteiger partial charge is 0.200 e. The first kappa shape index (κ1) is 18.5. The van der Waals surface area contributed by atoms with Crippen LogP contribution in [0.2, 0.25) is 0 Å². The summed E-state index contributed by atoms with van der Waals surface area (Å²) in [4.78, 5) is 24.1. The number of ether oxygens (including phenoxy) is 3. The van der Waals surface area contributed by atoms with Crippen molar-refractivity contribution in [2.24, 2.45) is 0 Å². The van der Waals surface area contributed by atoms with Gasteiger partial charge in [-0.25, -0.2) is 0 Å². The van der Waals surface area contributed by atoms with E-state index in [-0.39, 0.29) is 17.8 Å². The van der Waals surface area contributed by atoms with E-state index in [0.717, 1.165) is 0 Å². The topological polar surface area (TPSA) is 75.0 Å². The van der Waals surface area contributed by atoms with E-state index >= 15 is 0 Å². The van der Waals surface area contributed by atoms with E-state index in [2.05, 4.69) is 0 Å². The number of carbonyl (C=O) groups excluding carboxylic acids is 1. The number of rotatable bonds is 6. The Balaban J connectivity index is 2.11. The molecule has 0 atom stereocenters. The molecule has 0 saturated carbocycles. The van der Waals surface area contributed by atoms with E-state index in [1.165, 1.54) is 6.92 Å². The van der Waals surface area contributed by atoms with Gasteiger partial charge in [0.15, 0.2) is 17.3 Å². The number of aryl methyl sites for hydroxylation is 1. The average molecular weight is 368 g/mol. The van der Waals surface area contributed by atoms with Crippen LogP contribution >= 0.6 is 0 Å². The number of hydrogen-bond donors (Lipinski definition) is 0. The number of carbonyl (C=O) groups is 1. The van der Waals surface area contributed by atoms with Gasteiger partial charge in [0.1, 0.15) is 23.7 Å². The van der Waals surface area contributed by atoms with E-state index in [9.17, 15) is 9.59 Å². The minimum atomic E-state index is -0.154. The summed E-state index contributed by atoms with van der Waals surface area (Å²) in [6.07, 6.45) is 0. The lowest BCUT2D eigenvalue weighted by Crippen LogP contribution is -2.09. The number of methoxy groups -OCH3 is 2. The van der Waals surface area contributed by atoms with Gasteiger partial charge in [-0.2, -0.15) is 0 Å². The summed E-state index contributed by atoms with van der Waals surface area (Å²) < 4.78 is 21.8. The number of fused-ring (bicyclic) bond motifs is 1. The molecule has 27 heavy (non-hydrogen) atoms. The van der Waals surface area contributed by atoms with E-state index in [1.807, 2.05) is 0 Å². The molecule has 2 aromatic carbocycles. The first-order valence-electron chi connectivity index (χ1n) is 8.36. The molecule has 0 fully saturated rings. The minimum Gasteiger partial charge on any atom is -0.493 e. The Bertz CT molecular complexity index is 1060. The molecule has 0 spiro atoms. The van der Waals surface area contributed by atoms with Gasteiger partial charge in [0, 0.05) is 6.07 Å². The second-order valence-corrected chi connectivity index (χ2v) is 6.08. The number of benzene rings is 2. The molecule has 140 valence electrons. The van der Waals surface area contributed by atoms with Crippen LogP contribution in [-0.4, -0.2) is 26.6 Å². The van der Waals surface area contributed by atoms with Crippen LogP contribution in [0.15, 0.2) is 45.6 Å². The SMILES string of the molecule is COc1ccc(-c2c(C)oc3cc(OCC(C)=O)ccc3c2=O)cc1OC. The van der Waals surface area contributed by atoms with Crippen LogP contribution in [0.4, 0.5) is 0 Å². The zero-order chi connectivity index (χ0) is 19.6. The van der Waals surface area contributed by atoms with Gasteiger partial charge >= 0.3 is 0 Å². The molecular weight excluding hydrogens is 348 g/mol. The van der Waals surface area contributed by atoms with E-state index < -0.39 is 0 Å². The van der Waals surface area contributed by atoms with Crippen molar-refractivity contribution in [2.75, 3.05) is 20.8 Å². The molecule has 3 rings (SSSR count). The molecule has 6 nitrogen and oxygen atoms in total. The standard InChI is InChI=1S/C21H20O6/c1-12(22)11-26-15-6-7-16-18(10-15)27-13(2)20(21(16)23)14-5-8-17(24-3)19(9-14)25-4/h5-10H,11H2,1-4H3. The molecule has 3 aromatic rings. The number of hydrogen-bond acceptors (Lipinski definition) is 6. The quantitative estimate of drug-likeness (QED) is 0.660. The van der Waals surface area contributed by atoms with Crippen molar-refractivity contribution in [3.05, 3.63) is 52.4 Å². The van der Waals surface area contributed by atoms with Crippen LogP contribution in [0.1, 0.15) is 12.7 Å². The molecule has 0 amide bonds. The molecular formula is C21H20O6. The summed E-state index contributed by atoms with van der Waals surface area (Å²) in [5.74, 6) is 1.97. The molecule has 0 aliphatic heterocycles. The lowest BCUT2D eigenvalue weighted by Gasteiger charge is -2.12. The van der Waals surface area contributed by atoms with Gasteiger partial charge in [-0.3, -0.25) is 9.59 Å². The number of Topliss-reactive ketones (excluding diaryl/α,β-unsaturated/α-hetero) is 1. The highest BCUT2D eigenvalue weighted by atomic mass is 16.5. The van der Waals surface area contributed by atoms with Crippen LogP contribution in [-0.2, 0) is 4.79 Å². The zero-order valence-electron chi connectivity index (χ0n) is 15.6. The van der Waals surface area contributed by atoms with E-state index in [1.54, 1.807) is 57.5 Å². The predicted molar refractivity (Wildman–Crippen MR) is 102 cm³/mol. The molecule has 0 aliphatic rings. The molecule has 0 radical (unpaired) electrons. The van der Waals surface area contributed by atoms with Gasteiger partial charge in [0.25, 0.3) is 0 Å².